The van der Waals surface area contributed by atoms with Crippen LogP contribution < -0.4 is 16.4 Å². The molecule has 2 aromatic rings. The van der Waals surface area contributed by atoms with Gasteiger partial charge in [0.2, 0.25) is 16.9 Å². The molecule has 30 heteroatoms. The van der Waals surface area contributed by atoms with Crippen LogP contribution in [0, 0.1) is 5.41 Å². The van der Waals surface area contributed by atoms with Gasteiger partial charge in [0.25, 0.3) is 0 Å². The van der Waals surface area contributed by atoms with Crippen LogP contribution in [0.1, 0.15) is 45.8 Å². The summed E-state index contributed by atoms with van der Waals surface area (Å²) in [7, 11) is -16.4. The number of phosphoric acid groups is 3. The summed E-state index contributed by atoms with van der Waals surface area (Å²) in [6, 6.07) is 0. The number of nitrogen functional groups attached to an aromatic ring is 1. The minimum atomic E-state index is -5.59. The molecule has 1 fully saturated rings. The molecule has 1 saturated heterocycles. The number of hydrogen-bond acceptors (Lipinski definition) is 19. The predicted molar refractivity (Wildman–Crippen MR) is 198 cm³/mol. The maximum absolute atomic E-state index is 12.7. The van der Waals surface area contributed by atoms with Gasteiger partial charge in [-0.25, -0.2) is 28.6 Å². The number of hydrogen-bond donors (Lipinski definition) is 10. The molecular weight excluding hydrogens is 863 g/mol. The largest absolute Gasteiger partial charge is 0.481 e. The third kappa shape index (κ3) is 15.7. The van der Waals surface area contributed by atoms with E-state index in [9.17, 15) is 62.7 Å². The Hall–Kier alpha value is -3.23. The third-order valence-electron chi connectivity index (χ3n) is 7.76. The van der Waals surface area contributed by atoms with Crippen LogP contribution in [0.5, 0.6) is 0 Å². The first-order chi connectivity index (χ1) is 26.9. The number of nitrogens with two attached hydrogens (primary N) is 1. The van der Waals surface area contributed by atoms with Crippen molar-refractivity contribution in [1.29, 1.82) is 0 Å². The Kier molecular flexibility index (Phi) is 18.1. The molecule has 3 heterocycles. The van der Waals surface area contributed by atoms with Crippen molar-refractivity contribution in [3.05, 3.63) is 24.8 Å². The number of aliphatic hydroxyl groups is 2. The summed E-state index contributed by atoms with van der Waals surface area (Å²) in [5.74, 6) is -2.24. The number of nitrogens with zero attached hydrogens (tertiary/aromatic N) is 4. The van der Waals surface area contributed by atoms with Gasteiger partial charge in [0, 0.05) is 37.1 Å². The molecule has 1 aliphatic rings. The van der Waals surface area contributed by atoms with Crippen LogP contribution in [-0.2, 0) is 55.5 Å². The van der Waals surface area contributed by atoms with E-state index in [1.54, 1.807) is 6.08 Å². The number of carbonyl (C=O) groups excluding carboxylic acids is 3. The highest BCUT2D eigenvalue weighted by atomic mass is 32.2. The first-order valence-corrected chi connectivity index (χ1v) is 22.4. The summed E-state index contributed by atoms with van der Waals surface area (Å²) in [4.78, 5) is 97.8. The molecule has 326 valence electrons. The molecule has 58 heavy (non-hydrogen) atoms. The van der Waals surface area contributed by atoms with E-state index in [4.69, 9.17) is 24.6 Å². The number of aliphatic carboxylic acids is 1. The number of thioether (sulfide) groups is 1. The van der Waals surface area contributed by atoms with Crippen molar-refractivity contribution in [2.75, 3.05) is 37.8 Å². The lowest BCUT2D eigenvalue weighted by Gasteiger charge is -2.30. The highest BCUT2D eigenvalue weighted by molar-refractivity contribution is 8.14. The van der Waals surface area contributed by atoms with Crippen molar-refractivity contribution >= 4 is 75.1 Å². The van der Waals surface area contributed by atoms with Gasteiger partial charge in [-0.3, -0.25) is 37.3 Å². The van der Waals surface area contributed by atoms with Crippen LogP contribution in [0.25, 0.3) is 11.2 Å². The number of fused-ring (bicyclic) bond motifs is 1. The van der Waals surface area contributed by atoms with Crippen LogP contribution in [-0.4, -0.2) is 134 Å². The Morgan fingerprint density at radius 1 is 1.05 bits per heavy atom. The van der Waals surface area contributed by atoms with E-state index < -0.39 is 90.5 Å². The molecule has 0 radical (unpaired) electrons. The topological polar surface area (TPSA) is 401 Å². The quantitative estimate of drug-likeness (QED) is 0.0360. The number of aromatic nitrogens is 4. The van der Waals surface area contributed by atoms with Gasteiger partial charge in [0.05, 0.1) is 19.5 Å². The zero-order valence-electron chi connectivity index (χ0n) is 30.7. The van der Waals surface area contributed by atoms with Crippen LogP contribution in [0.4, 0.5) is 5.82 Å². The molecule has 2 aromatic heterocycles. The zero-order valence-corrected chi connectivity index (χ0v) is 34.2. The second kappa shape index (κ2) is 21.3. The average molecular weight is 908 g/mol. The monoisotopic (exact) mass is 907 g/mol. The summed E-state index contributed by atoms with van der Waals surface area (Å²) in [5.41, 5.74) is 4.21. The van der Waals surface area contributed by atoms with Gasteiger partial charge < -0.3 is 56.0 Å². The molecule has 11 N–H and O–H groups in total. The molecule has 0 aromatic carbocycles. The van der Waals surface area contributed by atoms with E-state index >= 15 is 0 Å². The number of carboxylic acids is 1. The number of amides is 2. The maximum atomic E-state index is 12.7. The number of phosphoric ester groups is 3. The van der Waals surface area contributed by atoms with Crippen LogP contribution in [0.2, 0.25) is 0 Å². The SMILES string of the molecule is CC(C)(COP(=O)(O)OP(=O)(O)OC[C@H]1O[C@@H](n2cnc3c(N)ncnc32)[C@H](O)[C@@H]1OP(=O)(O)O)C(O)C(=O)NCCC(=O)NCCSC(=O)/C=C/CCCC(=O)O. The molecule has 1 aliphatic heterocycles. The van der Waals surface area contributed by atoms with E-state index in [1.807, 2.05) is 0 Å². The van der Waals surface area contributed by atoms with Gasteiger partial charge in [-0.15, -0.1) is 0 Å². The van der Waals surface area contributed by atoms with E-state index in [1.165, 1.54) is 19.9 Å². The van der Waals surface area contributed by atoms with Crippen molar-refractivity contribution in [2.45, 2.75) is 70.2 Å². The number of rotatable bonds is 24. The number of unbranched alkanes of at least 4 members (excludes halogenated alkanes) is 1. The Morgan fingerprint density at radius 2 is 1.74 bits per heavy atom. The van der Waals surface area contributed by atoms with Gasteiger partial charge in [-0.05, 0) is 18.9 Å². The second-order valence-corrected chi connectivity index (χ2v) is 18.3. The predicted octanol–water partition coefficient (Wildman–Crippen LogP) is -0.524. The fourth-order valence-corrected chi connectivity index (χ4v) is 8.31. The lowest BCUT2D eigenvalue weighted by Crippen LogP contribution is -2.46. The summed E-state index contributed by atoms with van der Waals surface area (Å²) >= 11 is 0.931. The Morgan fingerprint density at radius 3 is 2.41 bits per heavy atom. The number of imidazole rings is 1. The van der Waals surface area contributed by atoms with Crippen LogP contribution >= 0.6 is 35.2 Å². The van der Waals surface area contributed by atoms with Gasteiger partial charge in [-0.2, -0.15) is 4.31 Å². The molecule has 0 bridgehead atoms. The Labute approximate surface area is 333 Å². The van der Waals surface area contributed by atoms with Crippen molar-refractivity contribution in [1.82, 2.24) is 30.2 Å². The molecule has 0 saturated carbocycles. The van der Waals surface area contributed by atoms with Gasteiger partial charge in [-0.1, -0.05) is 31.7 Å². The minimum absolute atomic E-state index is 0.0104. The van der Waals surface area contributed by atoms with E-state index in [0.717, 1.165) is 29.0 Å². The first-order valence-electron chi connectivity index (χ1n) is 16.9. The number of carbonyl (C=O) groups is 4. The summed E-state index contributed by atoms with van der Waals surface area (Å²) < 4.78 is 62.0. The molecule has 3 unspecified atom stereocenters. The van der Waals surface area contributed by atoms with E-state index in [2.05, 4.69) is 34.4 Å². The molecule has 3 rings (SSSR count). The third-order valence-corrected chi connectivity index (χ3v) is 11.7. The normalized spacial score (nSPS) is 21.4. The Bertz CT molecular complexity index is 1950. The van der Waals surface area contributed by atoms with Crippen molar-refractivity contribution in [3.8, 4) is 0 Å². The number of anilines is 1. The lowest BCUT2D eigenvalue weighted by molar-refractivity contribution is -0.137. The number of ether oxygens (including phenoxy) is 1. The lowest BCUT2D eigenvalue weighted by atomic mass is 9.87. The molecule has 7 atom stereocenters. The van der Waals surface area contributed by atoms with Gasteiger partial charge in [0.15, 0.2) is 17.7 Å². The van der Waals surface area contributed by atoms with Crippen LogP contribution in [0.3, 0.4) is 0 Å². The number of carboxylic acid groups (broad SMARTS) is 1. The first kappa shape index (κ1) is 49.1. The van der Waals surface area contributed by atoms with Gasteiger partial charge >= 0.3 is 29.4 Å². The average Bonchev–Trinajstić information content (AvgIpc) is 3.67. The fourth-order valence-electron chi connectivity index (χ4n) is 4.88. The summed E-state index contributed by atoms with van der Waals surface area (Å²) in [6.45, 7) is 0.293. The molecular formula is C28H44N7O19P3S. The molecule has 0 spiro atoms. The number of allylic oxidation sites excluding steroid dienone is 1. The smallest absolute Gasteiger partial charge is 0.481 e. The zero-order chi connectivity index (χ0) is 43.5. The highest BCUT2D eigenvalue weighted by Gasteiger charge is 2.50. The fraction of sp³-hybridized carbons (Fsp3) is 0.607. The standard InChI is InChI=1S/C28H44N7O19P3S/c1-28(2,23(41)26(42)31-9-8-17(36)30-10-11-58-19(39)7-5-3-4-6-18(37)38)13-51-57(48,49)54-56(46,47)50-12-16-22(53-55(43,44)45)21(40)27(52-16)35-15-34-20-24(29)32-14-33-25(20)35/h5,7,14-16,21-23,27,40-41H,3-4,6,8-13H2,1-2H3,(H,30,36)(H,31,42)(H,37,38)(H,46,47)(H,48,49)(H2,29,32,33)(H2,43,44,45)/b7-5+/t16-,21-,22-,23?,27-/m1/s1. The van der Waals surface area contributed by atoms with E-state index in [-0.39, 0.29) is 53.8 Å². The highest BCUT2D eigenvalue weighted by Crippen LogP contribution is 2.61. The van der Waals surface area contributed by atoms with E-state index in [0.29, 0.717) is 12.8 Å². The maximum Gasteiger partial charge on any atom is 0.481 e. The number of aliphatic hydroxyl groups excluding tert-OH is 2. The molecule has 26 nitrogen and oxygen atoms in total. The van der Waals surface area contributed by atoms with Crippen molar-refractivity contribution < 1.29 is 90.4 Å². The van der Waals surface area contributed by atoms with Gasteiger partial charge in [0.1, 0.15) is 36.3 Å². The summed E-state index contributed by atoms with van der Waals surface area (Å²) in [6.07, 6.45) is -3.36. The molecule has 2 amide bonds. The minimum Gasteiger partial charge on any atom is -0.481 e. The Balaban J connectivity index is 1.45. The van der Waals surface area contributed by atoms with Crippen molar-refractivity contribution in [3.63, 3.8) is 0 Å². The summed E-state index contributed by atoms with van der Waals surface area (Å²) in [5, 5.41) is 34.6. The molecule has 0 aliphatic carbocycles. The second-order valence-electron chi connectivity index (χ2n) is 12.9. The van der Waals surface area contributed by atoms with Crippen LogP contribution in [0.15, 0.2) is 24.8 Å². The van der Waals surface area contributed by atoms with Crippen molar-refractivity contribution in [2.24, 2.45) is 5.41 Å². The number of nitrogens with one attached hydrogen (secondary N) is 2.